The van der Waals surface area contributed by atoms with Gasteiger partial charge in [-0.1, -0.05) is 4.49 Å². The van der Waals surface area contributed by atoms with Crippen LogP contribution in [0.3, 0.4) is 0 Å². The highest BCUT2D eigenvalue weighted by molar-refractivity contribution is 7.06. The number of carbonyl (C=O) groups is 1. The summed E-state index contributed by atoms with van der Waals surface area (Å²) in [6.45, 7) is 1.10. The minimum Gasteiger partial charge on any atom is -0.308 e. The van der Waals surface area contributed by atoms with Gasteiger partial charge in [-0.15, -0.1) is 5.10 Å². The quantitative estimate of drug-likeness (QED) is 0.766. The molecule has 4 nitrogen and oxygen atoms in total. The van der Waals surface area contributed by atoms with Crippen molar-refractivity contribution in [2.75, 3.05) is 5.32 Å². The molecule has 1 N–H and O–H groups in total. The number of halogens is 3. The number of amides is 1. The highest BCUT2D eigenvalue weighted by Gasteiger charge is 2.37. The van der Waals surface area contributed by atoms with Crippen LogP contribution in [-0.2, 0) is 11.0 Å². The molecule has 0 fully saturated rings. The fraction of sp³-hybridized carbons (Fsp3) is 0.400. The number of carbonyl (C=O) groups excluding carboxylic acids is 1. The van der Waals surface area contributed by atoms with Crippen molar-refractivity contribution in [1.82, 2.24) is 9.59 Å². The molecule has 1 aromatic heterocycles. The third-order valence-corrected chi connectivity index (χ3v) is 1.81. The first-order valence-electron chi connectivity index (χ1n) is 3.08. The summed E-state index contributed by atoms with van der Waals surface area (Å²) in [6.07, 6.45) is -4.52. The van der Waals surface area contributed by atoms with Crippen molar-refractivity contribution >= 4 is 23.3 Å². The summed E-state index contributed by atoms with van der Waals surface area (Å²) < 4.78 is 39.4. The van der Waals surface area contributed by atoms with Gasteiger partial charge < -0.3 is 5.32 Å². The normalized spacial score (nSPS) is 11.4. The van der Waals surface area contributed by atoms with Gasteiger partial charge in [0.15, 0.2) is 10.7 Å². The van der Waals surface area contributed by atoms with Crippen LogP contribution in [0.5, 0.6) is 0 Å². The van der Waals surface area contributed by atoms with Crippen molar-refractivity contribution in [3.63, 3.8) is 0 Å². The maximum absolute atomic E-state index is 12.1. The Morgan fingerprint density at radius 1 is 1.54 bits per heavy atom. The third-order valence-electron chi connectivity index (χ3n) is 1.04. The molecule has 0 aromatic carbocycles. The number of hydrogen-bond donors (Lipinski definition) is 1. The Morgan fingerprint density at radius 3 is 2.62 bits per heavy atom. The zero-order valence-corrected chi connectivity index (χ0v) is 7.16. The van der Waals surface area contributed by atoms with Gasteiger partial charge in [0, 0.05) is 6.92 Å². The summed E-state index contributed by atoms with van der Waals surface area (Å²) in [4.78, 5) is 9.45. The smallest absolute Gasteiger partial charge is 0.308 e. The third kappa shape index (κ3) is 2.38. The topological polar surface area (TPSA) is 54.9 Å². The van der Waals surface area contributed by atoms with E-state index < -0.39 is 22.8 Å². The Labute approximate surface area is 74.9 Å². The van der Waals surface area contributed by atoms with Gasteiger partial charge in [0.25, 0.3) is 0 Å². The number of hydrogen-bond acceptors (Lipinski definition) is 4. The Kier molecular flexibility index (Phi) is 2.50. The van der Waals surface area contributed by atoms with E-state index in [1.165, 1.54) is 0 Å². The summed E-state index contributed by atoms with van der Waals surface area (Å²) in [6, 6.07) is 0. The molecule has 0 saturated carbocycles. The molecular formula is C5H4F3N3OS. The van der Waals surface area contributed by atoms with Crippen LogP contribution >= 0.6 is 11.5 Å². The number of rotatable bonds is 1. The monoisotopic (exact) mass is 211 g/mol. The van der Waals surface area contributed by atoms with E-state index in [1.807, 2.05) is 5.32 Å². The molecule has 0 aliphatic heterocycles. The van der Waals surface area contributed by atoms with Crippen molar-refractivity contribution in [2.24, 2.45) is 0 Å². The van der Waals surface area contributed by atoms with Crippen LogP contribution in [0, 0.1) is 0 Å². The second-order valence-electron chi connectivity index (χ2n) is 2.13. The SMILES string of the molecule is CC(=O)Nc1nnsc1C(F)(F)F. The first-order valence-corrected chi connectivity index (χ1v) is 3.85. The molecule has 1 aromatic rings. The van der Waals surface area contributed by atoms with Crippen molar-refractivity contribution in [2.45, 2.75) is 13.1 Å². The molecule has 8 heteroatoms. The predicted octanol–water partition coefficient (Wildman–Crippen LogP) is 1.52. The van der Waals surface area contributed by atoms with Gasteiger partial charge >= 0.3 is 6.18 Å². The van der Waals surface area contributed by atoms with Crippen LogP contribution in [-0.4, -0.2) is 15.5 Å². The number of anilines is 1. The van der Waals surface area contributed by atoms with Crippen LogP contribution < -0.4 is 5.32 Å². The Hall–Kier alpha value is -1.18. The van der Waals surface area contributed by atoms with Crippen LogP contribution in [0.1, 0.15) is 11.8 Å². The molecule has 1 rings (SSSR count). The molecule has 0 radical (unpaired) electrons. The number of alkyl halides is 3. The lowest BCUT2D eigenvalue weighted by Gasteiger charge is -2.03. The molecule has 0 atom stereocenters. The van der Waals surface area contributed by atoms with E-state index in [0.717, 1.165) is 6.92 Å². The summed E-state index contributed by atoms with van der Waals surface area (Å²) >= 11 is 0.198. The summed E-state index contributed by atoms with van der Waals surface area (Å²) in [5, 5.41) is 5.08. The lowest BCUT2D eigenvalue weighted by Crippen LogP contribution is -2.12. The second-order valence-corrected chi connectivity index (χ2v) is 2.88. The number of nitrogens with one attached hydrogen (secondary N) is 1. The number of aromatic nitrogens is 2. The van der Waals surface area contributed by atoms with Gasteiger partial charge in [0.05, 0.1) is 0 Å². The molecule has 1 heterocycles. The van der Waals surface area contributed by atoms with E-state index in [2.05, 4.69) is 9.59 Å². The highest BCUT2D eigenvalue weighted by Crippen LogP contribution is 2.35. The average molecular weight is 211 g/mol. The first-order chi connectivity index (χ1) is 5.91. The minimum atomic E-state index is -4.52. The summed E-state index contributed by atoms with van der Waals surface area (Å²) in [5.41, 5.74) is 0. The molecule has 1 amide bonds. The standard InChI is InChI=1S/C5H4F3N3OS/c1-2(12)9-4-3(5(6,7)8)13-11-10-4/h1H3,(H,9,12). The molecule has 0 saturated heterocycles. The van der Waals surface area contributed by atoms with Gasteiger partial charge in [-0.3, -0.25) is 4.79 Å². The van der Waals surface area contributed by atoms with E-state index in [4.69, 9.17) is 0 Å². The summed E-state index contributed by atoms with van der Waals surface area (Å²) in [7, 11) is 0. The van der Waals surface area contributed by atoms with E-state index in [9.17, 15) is 18.0 Å². The fourth-order valence-electron chi connectivity index (χ4n) is 0.625. The van der Waals surface area contributed by atoms with Crippen molar-refractivity contribution < 1.29 is 18.0 Å². The molecule has 0 spiro atoms. The fourth-order valence-corrected chi connectivity index (χ4v) is 1.11. The van der Waals surface area contributed by atoms with Crippen molar-refractivity contribution in [3.05, 3.63) is 4.88 Å². The molecule has 72 valence electrons. The largest absolute Gasteiger partial charge is 0.430 e. The van der Waals surface area contributed by atoms with E-state index in [1.54, 1.807) is 0 Å². The van der Waals surface area contributed by atoms with Gasteiger partial charge in [0.2, 0.25) is 5.91 Å². The molecule has 0 aliphatic rings. The molecule has 0 aliphatic carbocycles. The van der Waals surface area contributed by atoms with E-state index in [-0.39, 0.29) is 11.5 Å². The van der Waals surface area contributed by atoms with Crippen LogP contribution in [0.2, 0.25) is 0 Å². The Balaban J connectivity index is 2.96. The van der Waals surface area contributed by atoms with Gasteiger partial charge in [-0.05, 0) is 11.5 Å². The number of nitrogens with zero attached hydrogens (tertiary/aromatic N) is 2. The van der Waals surface area contributed by atoms with Crippen molar-refractivity contribution in [3.8, 4) is 0 Å². The first kappa shape index (κ1) is 9.90. The Bertz CT molecular complexity index is 321. The maximum atomic E-state index is 12.1. The lowest BCUT2D eigenvalue weighted by molar-refractivity contribution is -0.133. The molecular weight excluding hydrogens is 207 g/mol. The van der Waals surface area contributed by atoms with Crippen LogP contribution in [0.4, 0.5) is 19.0 Å². The zero-order valence-electron chi connectivity index (χ0n) is 6.34. The average Bonchev–Trinajstić information content (AvgIpc) is 2.31. The van der Waals surface area contributed by atoms with Gasteiger partial charge in [-0.25, -0.2) is 0 Å². The molecule has 0 bridgehead atoms. The van der Waals surface area contributed by atoms with E-state index in [0.29, 0.717) is 0 Å². The molecule has 0 unspecified atom stereocenters. The van der Waals surface area contributed by atoms with E-state index >= 15 is 0 Å². The van der Waals surface area contributed by atoms with Crippen LogP contribution in [0.25, 0.3) is 0 Å². The Morgan fingerprint density at radius 2 is 2.15 bits per heavy atom. The minimum absolute atomic E-state index is 0.198. The zero-order chi connectivity index (χ0) is 10.1. The van der Waals surface area contributed by atoms with Crippen molar-refractivity contribution in [1.29, 1.82) is 0 Å². The maximum Gasteiger partial charge on any atom is 0.430 e. The predicted molar refractivity (Wildman–Crippen MR) is 39.2 cm³/mol. The molecule has 13 heavy (non-hydrogen) atoms. The second kappa shape index (κ2) is 3.29. The summed E-state index contributed by atoms with van der Waals surface area (Å²) in [5.74, 6) is -1.15. The van der Waals surface area contributed by atoms with Gasteiger partial charge in [0.1, 0.15) is 0 Å². The van der Waals surface area contributed by atoms with Gasteiger partial charge in [-0.2, -0.15) is 13.2 Å². The highest BCUT2D eigenvalue weighted by atomic mass is 32.1. The van der Waals surface area contributed by atoms with Crippen LogP contribution in [0.15, 0.2) is 0 Å². The lowest BCUT2D eigenvalue weighted by atomic mass is 10.4.